The Morgan fingerprint density at radius 1 is 1.38 bits per heavy atom. The van der Waals surface area contributed by atoms with Gasteiger partial charge in [-0.05, 0) is 56.7 Å². The monoisotopic (exact) mass is 232 g/mol. The molecule has 1 aromatic rings. The predicted molar refractivity (Wildman–Crippen MR) is 74.1 cm³/mol. The van der Waals surface area contributed by atoms with Gasteiger partial charge in [0.25, 0.3) is 0 Å². The van der Waals surface area contributed by atoms with Crippen LogP contribution in [0.2, 0.25) is 0 Å². The highest BCUT2D eigenvalue weighted by atomic mass is 32.1. The molecule has 2 rings (SSSR count). The van der Waals surface area contributed by atoms with Crippen LogP contribution in [0.25, 0.3) is 6.08 Å². The Labute approximate surface area is 103 Å². The Kier molecular flexibility index (Phi) is 3.07. The number of hydrogen-bond donors (Lipinski definition) is 0. The molecule has 0 saturated heterocycles. The van der Waals surface area contributed by atoms with E-state index in [1.54, 1.807) is 4.88 Å². The van der Waals surface area contributed by atoms with Crippen molar-refractivity contribution in [3.05, 3.63) is 38.1 Å². The third kappa shape index (κ3) is 2.01. The van der Waals surface area contributed by atoms with Crippen molar-refractivity contribution in [3.63, 3.8) is 0 Å². The van der Waals surface area contributed by atoms with Gasteiger partial charge in [0.15, 0.2) is 0 Å². The highest BCUT2D eigenvalue weighted by Gasteiger charge is 2.20. The van der Waals surface area contributed by atoms with Crippen molar-refractivity contribution >= 4 is 17.4 Å². The molecule has 1 heteroatoms. The third-order valence-electron chi connectivity index (χ3n) is 3.34. The zero-order chi connectivity index (χ0) is 11.9. The molecule has 0 nitrogen and oxygen atoms in total. The van der Waals surface area contributed by atoms with E-state index in [9.17, 15) is 0 Å². The van der Waals surface area contributed by atoms with E-state index < -0.39 is 0 Å². The van der Waals surface area contributed by atoms with Crippen LogP contribution in [0.15, 0.2) is 17.2 Å². The van der Waals surface area contributed by atoms with Gasteiger partial charge in [-0.3, -0.25) is 0 Å². The average molecular weight is 232 g/mol. The van der Waals surface area contributed by atoms with E-state index in [0.29, 0.717) is 5.92 Å². The van der Waals surface area contributed by atoms with Crippen molar-refractivity contribution in [2.24, 2.45) is 5.92 Å². The maximum Gasteiger partial charge on any atom is 0.0129 e. The van der Waals surface area contributed by atoms with Gasteiger partial charge in [-0.2, -0.15) is 0 Å². The SMILES string of the molecule is CC(C)=CC1=Cc2c(sc(C)c2C)CC1C. The molecular weight excluding hydrogens is 212 g/mol. The Hall–Kier alpha value is -0.820. The van der Waals surface area contributed by atoms with Crippen LogP contribution >= 0.6 is 11.3 Å². The topological polar surface area (TPSA) is 0 Å². The van der Waals surface area contributed by atoms with Gasteiger partial charge in [-0.1, -0.05) is 24.6 Å². The van der Waals surface area contributed by atoms with Gasteiger partial charge >= 0.3 is 0 Å². The second-order valence-corrected chi connectivity index (χ2v) is 6.40. The Morgan fingerprint density at radius 3 is 2.69 bits per heavy atom. The summed E-state index contributed by atoms with van der Waals surface area (Å²) in [5.41, 5.74) is 5.86. The van der Waals surface area contributed by atoms with E-state index in [2.05, 4.69) is 46.8 Å². The van der Waals surface area contributed by atoms with Gasteiger partial charge in [0, 0.05) is 9.75 Å². The number of hydrogen-bond acceptors (Lipinski definition) is 1. The van der Waals surface area contributed by atoms with Gasteiger partial charge in [0.1, 0.15) is 0 Å². The third-order valence-corrected chi connectivity index (χ3v) is 4.58. The minimum Gasteiger partial charge on any atom is -0.145 e. The molecule has 1 atom stereocenters. The lowest BCUT2D eigenvalue weighted by atomic mass is 9.87. The lowest BCUT2D eigenvalue weighted by molar-refractivity contribution is 0.695. The van der Waals surface area contributed by atoms with Gasteiger partial charge in [-0.25, -0.2) is 0 Å². The first-order valence-corrected chi connectivity index (χ1v) is 6.76. The summed E-state index contributed by atoms with van der Waals surface area (Å²) in [5.74, 6) is 0.667. The van der Waals surface area contributed by atoms with Gasteiger partial charge in [-0.15, -0.1) is 11.3 Å². The molecule has 0 radical (unpaired) electrons. The summed E-state index contributed by atoms with van der Waals surface area (Å²) < 4.78 is 0. The predicted octanol–water partition coefficient (Wildman–Crippen LogP) is 4.91. The van der Waals surface area contributed by atoms with Crippen molar-refractivity contribution in [1.29, 1.82) is 0 Å². The smallest absolute Gasteiger partial charge is 0.0129 e. The van der Waals surface area contributed by atoms with Crippen LogP contribution < -0.4 is 0 Å². The van der Waals surface area contributed by atoms with E-state index in [-0.39, 0.29) is 0 Å². The molecular formula is C15H20S. The molecule has 0 spiro atoms. The molecule has 1 unspecified atom stereocenters. The van der Waals surface area contributed by atoms with Crippen LogP contribution in [0.3, 0.4) is 0 Å². The Morgan fingerprint density at radius 2 is 2.06 bits per heavy atom. The summed E-state index contributed by atoms with van der Waals surface area (Å²) in [6, 6.07) is 0. The molecule has 86 valence electrons. The van der Waals surface area contributed by atoms with E-state index in [1.165, 1.54) is 33.6 Å². The van der Waals surface area contributed by atoms with Crippen molar-refractivity contribution in [2.45, 2.75) is 41.0 Å². The lowest BCUT2D eigenvalue weighted by Crippen LogP contribution is -2.07. The van der Waals surface area contributed by atoms with E-state index >= 15 is 0 Å². The fraction of sp³-hybridized carbons (Fsp3) is 0.467. The maximum absolute atomic E-state index is 2.40. The fourth-order valence-corrected chi connectivity index (χ4v) is 3.57. The fourth-order valence-electron chi connectivity index (χ4n) is 2.28. The molecule has 1 aromatic heterocycles. The molecule has 0 aromatic carbocycles. The van der Waals surface area contributed by atoms with Gasteiger partial charge in [0.2, 0.25) is 0 Å². The van der Waals surface area contributed by atoms with E-state index in [4.69, 9.17) is 0 Å². The standard InChI is InChI=1S/C15H20S/c1-9(2)6-13-8-14-11(4)12(5)16-15(14)7-10(13)3/h6,8,10H,7H2,1-5H3. The van der Waals surface area contributed by atoms with Gasteiger partial charge < -0.3 is 0 Å². The quantitative estimate of drug-likeness (QED) is 0.645. The largest absolute Gasteiger partial charge is 0.145 e. The lowest BCUT2D eigenvalue weighted by Gasteiger charge is -2.19. The van der Waals surface area contributed by atoms with Crippen LogP contribution in [0.5, 0.6) is 0 Å². The zero-order valence-electron chi connectivity index (χ0n) is 10.8. The minimum atomic E-state index is 0.667. The molecule has 1 heterocycles. The number of fused-ring (bicyclic) bond motifs is 1. The molecule has 1 aliphatic rings. The van der Waals surface area contributed by atoms with Crippen molar-refractivity contribution < 1.29 is 0 Å². The molecule has 1 aliphatic carbocycles. The number of thiophene rings is 1. The van der Waals surface area contributed by atoms with Crippen molar-refractivity contribution in [2.75, 3.05) is 0 Å². The zero-order valence-corrected chi connectivity index (χ0v) is 11.7. The minimum absolute atomic E-state index is 0.667. The Balaban J connectivity index is 2.50. The second kappa shape index (κ2) is 4.21. The normalized spacial score (nSPS) is 19.1. The summed E-state index contributed by atoms with van der Waals surface area (Å²) in [6.45, 7) is 11.2. The molecule has 0 amide bonds. The summed E-state index contributed by atoms with van der Waals surface area (Å²) in [7, 11) is 0. The second-order valence-electron chi connectivity index (χ2n) is 5.09. The first-order chi connectivity index (χ1) is 7.49. The first kappa shape index (κ1) is 11.7. The summed E-state index contributed by atoms with van der Waals surface area (Å²) in [4.78, 5) is 3.06. The summed E-state index contributed by atoms with van der Waals surface area (Å²) in [6.07, 6.45) is 5.94. The summed E-state index contributed by atoms with van der Waals surface area (Å²) >= 11 is 1.98. The van der Waals surface area contributed by atoms with Crippen LogP contribution in [-0.4, -0.2) is 0 Å². The number of aryl methyl sites for hydroxylation is 1. The molecule has 0 fully saturated rings. The van der Waals surface area contributed by atoms with Crippen LogP contribution in [-0.2, 0) is 6.42 Å². The maximum atomic E-state index is 2.40. The number of allylic oxidation sites excluding steroid dienone is 3. The highest BCUT2D eigenvalue weighted by molar-refractivity contribution is 7.12. The van der Waals surface area contributed by atoms with E-state index in [1.807, 2.05) is 11.3 Å². The molecule has 0 saturated carbocycles. The summed E-state index contributed by atoms with van der Waals surface area (Å²) in [5, 5.41) is 0. The van der Waals surface area contributed by atoms with E-state index in [0.717, 1.165) is 0 Å². The molecule has 0 aliphatic heterocycles. The first-order valence-electron chi connectivity index (χ1n) is 5.94. The Bertz CT molecular complexity index is 468. The van der Waals surface area contributed by atoms with Crippen molar-refractivity contribution in [1.82, 2.24) is 0 Å². The molecule has 0 bridgehead atoms. The van der Waals surface area contributed by atoms with Gasteiger partial charge in [0.05, 0.1) is 0 Å². The number of rotatable bonds is 1. The molecule has 0 N–H and O–H groups in total. The van der Waals surface area contributed by atoms with Crippen molar-refractivity contribution in [3.8, 4) is 0 Å². The van der Waals surface area contributed by atoms with Crippen LogP contribution in [0.1, 0.15) is 41.7 Å². The molecule has 16 heavy (non-hydrogen) atoms. The highest BCUT2D eigenvalue weighted by Crippen LogP contribution is 2.37. The average Bonchev–Trinajstić information content (AvgIpc) is 2.44. The van der Waals surface area contributed by atoms with Crippen LogP contribution in [0, 0.1) is 19.8 Å². The van der Waals surface area contributed by atoms with Crippen LogP contribution in [0.4, 0.5) is 0 Å².